The summed E-state index contributed by atoms with van der Waals surface area (Å²) in [7, 11) is 0. The minimum Gasteiger partial charge on any atom is -0.457 e. The van der Waals surface area contributed by atoms with Gasteiger partial charge in [-0.2, -0.15) is 0 Å². The zero-order chi connectivity index (χ0) is 11.4. The lowest BCUT2D eigenvalue weighted by atomic mass is 9.99. The second kappa shape index (κ2) is 4.97. The molecule has 1 aliphatic heterocycles. The minimum atomic E-state index is -1.08. The molecule has 1 heterocycles. The van der Waals surface area contributed by atoms with Crippen LogP contribution in [0.5, 0.6) is 0 Å². The van der Waals surface area contributed by atoms with Crippen LogP contribution in [-0.2, 0) is 14.3 Å². The van der Waals surface area contributed by atoms with E-state index in [-0.39, 0.29) is 0 Å². The summed E-state index contributed by atoms with van der Waals surface area (Å²) in [4.78, 5) is 13.3. The van der Waals surface area contributed by atoms with Crippen LogP contribution in [0.15, 0.2) is 5.11 Å². The molecule has 0 aromatic rings. The summed E-state index contributed by atoms with van der Waals surface area (Å²) in [6.45, 7) is 4.12. The quantitative estimate of drug-likeness (QED) is 0.313. The lowest BCUT2D eigenvalue weighted by Gasteiger charge is -2.35. The van der Waals surface area contributed by atoms with Crippen molar-refractivity contribution in [3.63, 3.8) is 0 Å². The van der Waals surface area contributed by atoms with E-state index in [1.807, 2.05) is 0 Å². The highest BCUT2D eigenvalue weighted by molar-refractivity contribution is 5.66. The standard InChI is InChI=1S/C8H12N3O4/c1-4-7(10-11-9)8(13)6(3-14-4)15-5(2)12/h3-4,6-8,13H,1-2H3/t4-,6-,7-,8-/m1/s1. The van der Waals surface area contributed by atoms with Gasteiger partial charge in [0.1, 0.15) is 12.7 Å². The zero-order valence-corrected chi connectivity index (χ0v) is 8.40. The summed E-state index contributed by atoms with van der Waals surface area (Å²) < 4.78 is 9.88. The van der Waals surface area contributed by atoms with Gasteiger partial charge in [-0.3, -0.25) is 4.79 Å². The van der Waals surface area contributed by atoms with Gasteiger partial charge in [0.05, 0.1) is 12.1 Å². The molecule has 4 atom stereocenters. The fourth-order valence-electron chi connectivity index (χ4n) is 1.35. The second-order valence-electron chi connectivity index (χ2n) is 3.24. The van der Waals surface area contributed by atoms with Crippen molar-refractivity contribution >= 4 is 5.97 Å². The van der Waals surface area contributed by atoms with Crippen molar-refractivity contribution in [3.8, 4) is 0 Å². The van der Waals surface area contributed by atoms with Crippen molar-refractivity contribution in [1.82, 2.24) is 0 Å². The van der Waals surface area contributed by atoms with E-state index in [9.17, 15) is 9.90 Å². The van der Waals surface area contributed by atoms with E-state index < -0.39 is 30.3 Å². The lowest BCUT2D eigenvalue weighted by molar-refractivity contribution is -0.163. The van der Waals surface area contributed by atoms with Crippen molar-refractivity contribution < 1.29 is 19.4 Å². The molecule has 1 aliphatic rings. The Kier molecular flexibility index (Phi) is 3.90. The number of ether oxygens (including phenoxy) is 2. The van der Waals surface area contributed by atoms with Crippen molar-refractivity contribution in [3.05, 3.63) is 17.0 Å². The molecule has 0 unspecified atom stereocenters. The molecule has 7 heteroatoms. The summed E-state index contributed by atoms with van der Waals surface area (Å²) in [6, 6.07) is -0.760. The zero-order valence-electron chi connectivity index (χ0n) is 8.40. The van der Waals surface area contributed by atoms with Gasteiger partial charge in [0.15, 0.2) is 6.10 Å². The van der Waals surface area contributed by atoms with Gasteiger partial charge < -0.3 is 14.6 Å². The van der Waals surface area contributed by atoms with Gasteiger partial charge in [-0.05, 0) is 12.5 Å². The maximum Gasteiger partial charge on any atom is 0.303 e. The van der Waals surface area contributed by atoms with E-state index in [0.29, 0.717) is 0 Å². The molecule has 83 valence electrons. The van der Waals surface area contributed by atoms with Gasteiger partial charge >= 0.3 is 5.97 Å². The molecule has 0 aromatic carbocycles. The van der Waals surface area contributed by atoms with Crippen molar-refractivity contribution in [2.45, 2.75) is 38.2 Å². The number of esters is 1. The summed E-state index contributed by atoms with van der Waals surface area (Å²) in [5.74, 6) is -0.534. The van der Waals surface area contributed by atoms with Gasteiger partial charge in [0.25, 0.3) is 0 Å². The van der Waals surface area contributed by atoms with Crippen LogP contribution in [0.3, 0.4) is 0 Å². The normalized spacial score (nSPS) is 35.4. The summed E-state index contributed by atoms with van der Waals surface area (Å²) >= 11 is 0. The Morgan fingerprint density at radius 2 is 2.40 bits per heavy atom. The largest absolute Gasteiger partial charge is 0.457 e. The van der Waals surface area contributed by atoms with Crippen LogP contribution < -0.4 is 0 Å². The van der Waals surface area contributed by atoms with Crippen LogP contribution in [0.2, 0.25) is 0 Å². The molecule has 0 amide bonds. The molecule has 0 bridgehead atoms. The maximum absolute atomic E-state index is 10.7. The highest BCUT2D eigenvalue weighted by Crippen LogP contribution is 2.23. The van der Waals surface area contributed by atoms with Crippen LogP contribution in [0.25, 0.3) is 10.4 Å². The first-order chi connectivity index (χ1) is 7.06. The van der Waals surface area contributed by atoms with E-state index >= 15 is 0 Å². The van der Waals surface area contributed by atoms with E-state index in [1.54, 1.807) is 6.92 Å². The maximum atomic E-state index is 10.7. The van der Waals surface area contributed by atoms with Crippen LogP contribution in [-0.4, -0.2) is 35.4 Å². The SMILES string of the molecule is CC(=O)O[C@@H]1[CH]O[C@H](C)[C@@H](N=[N+]=[N-])[C@@H]1O. The van der Waals surface area contributed by atoms with E-state index in [0.717, 1.165) is 0 Å². The third kappa shape index (κ3) is 2.82. The Hall–Kier alpha value is -1.30. The molecule has 1 fully saturated rings. The summed E-state index contributed by atoms with van der Waals surface area (Å²) in [5.41, 5.74) is 8.30. The first-order valence-corrected chi connectivity index (χ1v) is 4.44. The molecule has 0 aromatic heterocycles. The number of aliphatic hydroxyl groups excluding tert-OH is 1. The first-order valence-electron chi connectivity index (χ1n) is 4.44. The first kappa shape index (κ1) is 11.8. The fourth-order valence-corrected chi connectivity index (χ4v) is 1.35. The van der Waals surface area contributed by atoms with Gasteiger partial charge in [-0.25, -0.2) is 0 Å². The third-order valence-corrected chi connectivity index (χ3v) is 2.08. The van der Waals surface area contributed by atoms with Gasteiger partial charge in [-0.1, -0.05) is 5.11 Å². The average Bonchev–Trinajstić information content (AvgIpc) is 2.16. The molecule has 15 heavy (non-hydrogen) atoms. The Morgan fingerprint density at radius 1 is 1.73 bits per heavy atom. The summed E-state index contributed by atoms with van der Waals surface area (Å²) in [6.07, 6.45) is -2.41. The van der Waals surface area contributed by atoms with E-state index in [2.05, 4.69) is 10.0 Å². The van der Waals surface area contributed by atoms with E-state index in [1.165, 1.54) is 13.5 Å². The molecule has 0 spiro atoms. The number of hydrogen-bond acceptors (Lipinski definition) is 5. The van der Waals surface area contributed by atoms with Crippen LogP contribution in [0.1, 0.15) is 13.8 Å². The highest BCUT2D eigenvalue weighted by atomic mass is 16.6. The topological polar surface area (TPSA) is 105 Å². The van der Waals surface area contributed by atoms with Crippen LogP contribution in [0.4, 0.5) is 0 Å². The Morgan fingerprint density at radius 3 is 2.93 bits per heavy atom. The van der Waals surface area contributed by atoms with E-state index in [4.69, 9.17) is 15.0 Å². The monoisotopic (exact) mass is 214 g/mol. The Bertz CT molecular complexity index is 290. The molecule has 0 saturated carbocycles. The smallest absolute Gasteiger partial charge is 0.303 e. The second-order valence-corrected chi connectivity index (χ2v) is 3.24. The molecule has 1 N–H and O–H groups in total. The Labute approximate surface area is 86.6 Å². The molecule has 7 nitrogen and oxygen atoms in total. The molecule has 1 rings (SSSR count). The van der Waals surface area contributed by atoms with Crippen molar-refractivity contribution in [1.29, 1.82) is 0 Å². The van der Waals surface area contributed by atoms with Crippen molar-refractivity contribution in [2.75, 3.05) is 0 Å². The lowest BCUT2D eigenvalue weighted by Crippen LogP contribution is -2.50. The van der Waals surface area contributed by atoms with Gasteiger partial charge in [-0.15, -0.1) is 0 Å². The fraction of sp³-hybridized carbons (Fsp3) is 0.750. The number of rotatable bonds is 2. The highest BCUT2D eigenvalue weighted by Gasteiger charge is 2.39. The Balaban J connectivity index is 2.71. The molecule has 1 radical (unpaired) electrons. The number of azide groups is 1. The van der Waals surface area contributed by atoms with Gasteiger partial charge in [0, 0.05) is 11.8 Å². The number of carbonyl (C=O) groups is 1. The molecule has 1 saturated heterocycles. The molecular formula is C8H12N3O4. The predicted molar refractivity (Wildman–Crippen MR) is 49.3 cm³/mol. The summed E-state index contributed by atoms with van der Waals surface area (Å²) in [5, 5.41) is 13.1. The number of nitrogens with zero attached hydrogens (tertiary/aromatic N) is 3. The number of aliphatic hydroxyl groups is 1. The third-order valence-electron chi connectivity index (χ3n) is 2.08. The van der Waals surface area contributed by atoms with Crippen LogP contribution >= 0.6 is 0 Å². The van der Waals surface area contributed by atoms with Gasteiger partial charge in [0.2, 0.25) is 0 Å². The van der Waals surface area contributed by atoms with Crippen molar-refractivity contribution in [2.24, 2.45) is 5.11 Å². The number of carbonyl (C=O) groups excluding carboxylic acids is 1. The molecule has 0 aliphatic carbocycles. The van der Waals surface area contributed by atoms with Crippen LogP contribution in [0, 0.1) is 6.61 Å². The minimum absolute atomic E-state index is 0.442. The molecular weight excluding hydrogens is 202 g/mol. The predicted octanol–water partition coefficient (Wildman–Crippen LogP) is 0.538. The number of hydrogen-bond donors (Lipinski definition) is 1. The average molecular weight is 214 g/mol.